The SMILES string of the molecule is CCc1nc2ccc(Br)cc2c(=O)n1N=Cc1cc(Br)c(Oc2ccc([N+](=O)[O-])cn2)c([N+](=O)[O-])c1. The minimum Gasteiger partial charge on any atom is -0.431 e. The van der Waals surface area contributed by atoms with E-state index in [9.17, 15) is 25.0 Å². The zero-order valence-electron chi connectivity index (χ0n) is 18.3. The molecule has 0 aliphatic rings. The highest BCUT2D eigenvalue weighted by atomic mass is 79.9. The molecular weight excluding hydrogens is 604 g/mol. The molecule has 4 aromatic rings. The van der Waals surface area contributed by atoms with E-state index in [1.807, 2.05) is 6.92 Å². The fraction of sp³-hybridized carbons (Fsp3) is 0.0909. The van der Waals surface area contributed by atoms with E-state index in [1.54, 1.807) is 18.2 Å². The Morgan fingerprint density at radius 1 is 1.11 bits per heavy atom. The maximum Gasteiger partial charge on any atom is 0.313 e. The van der Waals surface area contributed by atoms with Gasteiger partial charge in [0, 0.05) is 34.7 Å². The van der Waals surface area contributed by atoms with E-state index in [2.05, 4.69) is 46.9 Å². The smallest absolute Gasteiger partial charge is 0.313 e. The lowest BCUT2D eigenvalue weighted by Crippen LogP contribution is -2.22. The second-order valence-electron chi connectivity index (χ2n) is 7.23. The highest BCUT2D eigenvalue weighted by molar-refractivity contribution is 9.10. The van der Waals surface area contributed by atoms with Crippen LogP contribution in [0.5, 0.6) is 11.6 Å². The Balaban J connectivity index is 1.73. The molecular formula is C22H14Br2N6O6. The number of hydrogen-bond acceptors (Lipinski definition) is 9. The molecule has 0 radical (unpaired) electrons. The van der Waals surface area contributed by atoms with Gasteiger partial charge in [0.05, 0.1) is 31.4 Å². The highest BCUT2D eigenvalue weighted by Gasteiger charge is 2.22. The lowest BCUT2D eigenvalue weighted by atomic mass is 10.2. The third-order valence-electron chi connectivity index (χ3n) is 4.90. The van der Waals surface area contributed by atoms with Crippen molar-refractivity contribution in [3.63, 3.8) is 0 Å². The molecule has 4 rings (SSSR count). The number of hydrogen-bond donors (Lipinski definition) is 0. The Labute approximate surface area is 218 Å². The van der Waals surface area contributed by atoms with Gasteiger partial charge in [0.15, 0.2) is 0 Å². The second kappa shape index (κ2) is 10.3. The normalized spacial score (nSPS) is 11.2. The Morgan fingerprint density at radius 2 is 1.89 bits per heavy atom. The monoisotopic (exact) mass is 616 g/mol. The third kappa shape index (κ3) is 5.13. The van der Waals surface area contributed by atoms with Gasteiger partial charge in [0.2, 0.25) is 11.6 Å². The van der Waals surface area contributed by atoms with Gasteiger partial charge < -0.3 is 4.74 Å². The van der Waals surface area contributed by atoms with Crippen LogP contribution in [0.2, 0.25) is 0 Å². The van der Waals surface area contributed by atoms with Crippen molar-refractivity contribution in [3.8, 4) is 11.6 Å². The summed E-state index contributed by atoms with van der Waals surface area (Å²) in [6, 6.07) is 10.3. The molecule has 2 aromatic carbocycles. The Morgan fingerprint density at radius 3 is 2.53 bits per heavy atom. The van der Waals surface area contributed by atoms with Gasteiger partial charge in [-0.15, -0.1) is 0 Å². The lowest BCUT2D eigenvalue weighted by molar-refractivity contribution is -0.385. The predicted octanol–water partition coefficient (Wildman–Crippen LogP) is 5.37. The summed E-state index contributed by atoms with van der Waals surface area (Å²) in [7, 11) is 0. The van der Waals surface area contributed by atoms with Crippen molar-refractivity contribution in [3.05, 3.63) is 99.6 Å². The highest BCUT2D eigenvalue weighted by Crippen LogP contribution is 2.38. The number of aryl methyl sites for hydroxylation is 1. The number of fused-ring (bicyclic) bond motifs is 1. The number of nitro benzene ring substituents is 1. The molecule has 2 aromatic heterocycles. The first-order valence-corrected chi connectivity index (χ1v) is 11.8. The van der Waals surface area contributed by atoms with Crippen LogP contribution in [0.3, 0.4) is 0 Å². The Bertz CT molecular complexity index is 1600. The van der Waals surface area contributed by atoms with Gasteiger partial charge in [-0.05, 0) is 40.2 Å². The summed E-state index contributed by atoms with van der Waals surface area (Å²) < 4.78 is 7.61. The summed E-state index contributed by atoms with van der Waals surface area (Å²) in [5.41, 5.74) is -0.200. The van der Waals surface area contributed by atoms with Crippen molar-refractivity contribution in [1.82, 2.24) is 14.6 Å². The molecule has 12 nitrogen and oxygen atoms in total. The van der Waals surface area contributed by atoms with E-state index >= 15 is 0 Å². The number of nitrogens with zero attached hydrogens (tertiary/aromatic N) is 6. The van der Waals surface area contributed by atoms with Gasteiger partial charge in [-0.25, -0.2) is 9.97 Å². The standard InChI is InChI=1S/C22H14Br2N6O6/c1-2-19-27-17-5-3-13(23)9-15(17)22(31)28(19)26-10-12-7-16(24)21(18(8-12)30(34)35)36-20-6-4-14(11-25-20)29(32)33/h3-11H,2H2,1H3. The van der Waals surface area contributed by atoms with Crippen molar-refractivity contribution in [2.24, 2.45) is 5.10 Å². The summed E-state index contributed by atoms with van der Waals surface area (Å²) in [4.78, 5) is 42.6. The molecule has 0 amide bonds. The fourth-order valence-corrected chi connectivity index (χ4v) is 4.13. The van der Waals surface area contributed by atoms with Gasteiger partial charge in [-0.3, -0.25) is 25.0 Å². The molecule has 14 heteroatoms. The summed E-state index contributed by atoms with van der Waals surface area (Å²) in [6.45, 7) is 1.83. The minimum absolute atomic E-state index is 0.0710. The molecule has 0 aliphatic heterocycles. The van der Waals surface area contributed by atoms with Crippen molar-refractivity contribution in [2.75, 3.05) is 0 Å². The Kier molecular flexibility index (Phi) is 7.17. The molecule has 182 valence electrons. The molecule has 2 heterocycles. The van der Waals surface area contributed by atoms with E-state index in [-0.39, 0.29) is 27.3 Å². The average molecular weight is 618 g/mol. The van der Waals surface area contributed by atoms with Crippen LogP contribution in [0.15, 0.2) is 67.5 Å². The van der Waals surface area contributed by atoms with Crippen LogP contribution in [0.1, 0.15) is 18.3 Å². The molecule has 36 heavy (non-hydrogen) atoms. The van der Waals surface area contributed by atoms with Crippen molar-refractivity contribution >= 4 is 60.4 Å². The van der Waals surface area contributed by atoms with E-state index in [4.69, 9.17) is 4.74 Å². The van der Waals surface area contributed by atoms with Crippen LogP contribution in [0.25, 0.3) is 10.9 Å². The molecule has 0 N–H and O–H groups in total. The maximum absolute atomic E-state index is 13.0. The van der Waals surface area contributed by atoms with Crippen LogP contribution < -0.4 is 10.3 Å². The number of aromatic nitrogens is 3. The first kappa shape index (κ1) is 25.1. The van der Waals surface area contributed by atoms with Crippen LogP contribution in [-0.2, 0) is 6.42 Å². The topological polar surface area (TPSA) is 156 Å². The number of halogens is 2. The van der Waals surface area contributed by atoms with Gasteiger partial charge in [0.25, 0.3) is 11.2 Å². The average Bonchev–Trinajstić information content (AvgIpc) is 2.85. The van der Waals surface area contributed by atoms with Gasteiger partial charge >= 0.3 is 5.69 Å². The van der Waals surface area contributed by atoms with Gasteiger partial charge in [-0.2, -0.15) is 9.78 Å². The number of benzene rings is 2. The summed E-state index contributed by atoms with van der Waals surface area (Å²) in [6.07, 6.45) is 2.71. The first-order chi connectivity index (χ1) is 17.2. The van der Waals surface area contributed by atoms with Gasteiger partial charge in [0.1, 0.15) is 12.0 Å². The maximum atomic E-state index is 13.0. The summed E-state index contributed by atoms with van der Waals surface area (Å²) >= 11 is 6.60. The largest absolute Gasteiger partial charge is 0.431 e. The van der Waals surface area contributed by atoms with E-state index in [1.165, 1.54) is 30.5 Å². The zero-order chi connectivity index (χ0) is 26.0. The van der Waals surface area contributed by atoms with Crippen molar-refractivity contribution < 1.29 is 14.6 Å². The number of rotatable bonds is 7. The van der Waals surface area contributed by atoms with Crippen LogP contribution in [0, 0.1) is 20.2 Å². The van der Waals surface area contributed by atoms with E-state index < -0.39 is 15.5 Å². The van der Waals surface area contributed by atoms with Crippen LogP contribution in [0.4, 0.5) is 11.4 Å². The first-order valence-electron chi connectivity index (χ1n) is 10.2. The molecule has 0 unspecified atom stereocenters. The van der Waals surface area contributed by atoms with Crippen molar-refractivity contribution in [1.29, 1.82) is 0 Å². The molecule has 0 spiro atoms. The molecule has 0 saturated carbocycles. The molecule has 0 saturated heterocycles. The Hall–Kier alpha value is -4.04. The number of nitro groups is 2. The fourth-order valence-electron chi connectivity index (χ4n) is 3.22. The predicted molar refractivity (Wildman–Crippen MR) is 138 cm³/mol. The second-order valence-corrected chi connectivity index (χ2v) is 9.00. The number of ether oxygens (including phenoxy) is 1. The quantitative estimate of drug-likeness (QED) is 0.152. The van der Waals surface area contributed by atoms with Crippen LogP contribution >= 0.6 is 31.9 Å². The summed E-state index contributed by atoms with van der Waals surface area (Å²) in [5.74, 6) is 0.198. The molecule has 0 atom stereocenters. The zero-order valence-corrected chi connectivity index (χ0v) is 21.5. The molecule has 0 fully saturated rings. The van der Waals surface area contributed by atoms with Crippen molar-refractivity contribution in [2.45, 2.75) is 13.3 Å². The summed E-state index contributed by atoms with van der Waals surface area (Å²) in [5, 5.41) is 27.2. The van der Waals surface area contributed by atoms with E-state index in [0.717, 1.165) is 10.9 Å². The van der Waals surface area contributed by atoms with Gasteiger partial charge in [-0.1, -0.05) is 22.9 Å². The third-order valence-corrected chi connectivity index (χ3v) is 5.98. The number of pyridine rings is 1. The minimum atomic E-state index is -0.651. The molecule has 0 bridgehead atoms. The van der Waals surface area contributed by atoms with E-state index in [0.29, 0.717) is 33.2 Å². The lowest BCUT2D eigenvalue weighted by Gasteiger charge is -2.09. The van der Waals surface area contributed by atoms with Crippen LogP contribution in [-0.4, -0.2) is 30.7 Å². The molecule has 0 aliphatic carbocycles.